The predicted molar refractivity (Wildman–Crippen MR) is 109 cm³/mol. The lowest BCUT2D eigenvalue weighted by Gasteiger charge is -2.40. The van der Waals surface area contributed by atoms with E-state index in [4.69, 9.17) is 9.47 Å². The van der Waals surface area contributed by atoms with Crippen LogP contribution in [0.25, 0.3) is 0 Å². The summed E-state index contributed by atoms with van der Waals surface area (Å²) >= 11 is 6.97. The first kappa shape index (κ1) is 20.9. The molecule has 10 nitrogen and oxygen atoms in total. The Morgan fingerprint density at radius 3 is 1.80 bits per heavy atom. The van der Waals surface area contributed by atoms with Crippen LogP contribution in [0.3, 0.4) is 0 Å². The Morgan fingerprint density at radius 1 is 0.933 bits per heavy atom. The Hall–Kier alpha value is -2.34. The van der Waals surface area contributed by atoms with Crippen LogP contribution in [0.4, 0.5) is 9.59 Å². The van der Waals surface area contributed by atoms with E-state index in [-0.39, 0.29) is 26.3 Å². The minimum atomic E-state index is -2.15. The average Bonchev–Trinajstić information content (AvgIpc) is 2.98. The highest BCUT2D eigenvalue weighted by Crippen LogP contribution is 2.48. The van der Waals surface area contributed by atoms with Gasteiger partial charge >= 0.3 is 24.0 Å². The molecule has 0 bridgehead atoms. The maximum absolute atomic E-state index is 13.4. The number of benzene rings is 1. The molecule has 2 fully saturated rings. The van der Waals surface area contributed by atoms with Gasteiger partial charge in [0.25, 0.3) is 11.3 Å². The maximum Gasteiger partial charge on any atom is 0.358 e. The number of amides is 4. The molecule has 0 unspecified atom stereocenters. The minimum absolute atomic E-state index is 0.0100. The van der Waals surface area contributed by atoms with Gasteiger partial charge in [0.1, 0.15) is 0 Å². The summed E-state index contributed by atoms with van der Waals surface area (Å²) in [4.78, 5) is 55.0. The topological polar surface area (TPSA) is 117 Å². The third-order valence-corrected chi connectivity index (χ3v) is 6.96. The summed E-state index contributed by atoms with van der Waals surface area (Å²) in [5.74, 6) is -1.86. The second kappa shape index (κ2) is 7.12. The van der Waals surface area contributed by atoms with Gasteiger partial charge in [-0.25, -0.2) is 19.2 Å². The van der Waals surface area contributed by atoms with Crippen LogP contribution in [-0.4, -0.2) is 58.3 Å². The van der Waals surface area contributed by atoms with Crippen molar-refractivity contribution in [1.82, 2.24) is 20.4 Å². The van der Waals surface area contributed by atoms with Gasteiger partial charge in [-0.15, -0.1) is 0 Å². The predicted octanol–water partition coefficient (Wildman–Crippen LogP) is 1.79. The fraction of sp³-hybridized carbons (Fsp3) is 0.444. The molecule has 0 spiro atoms. The maximum atomic E-state index is 13.4. The first-order valence-electron chi connectivity index (χ1n) is 9.24. The third kappa shape index (κ3) is 2.46. The number of carbonyl (C=O) groups excluding carboxylic acids is 4. The van der Waals surface area contributed by atoms with Gasteiger partial charge in [0, 0.05) is 8.95 Å². The van der Waals surface area contributed by atoms with Crippen molar-refractivity contribution in [3.63, 3.8) is 0 Å². The van der Waals surface area contributed by atoms with Crippen molar-refractivity contribution >= 4 is 55.9 Å². The van der Waals surface area contributed by atoms with Crippen LogP contribution in [0.15, 0.2) is 21.1 Å². The molecule has 3 aliphatic rings. The number of nitrogens with zero attached hydrogens (tertiary/aromatic N) is 2. The zero-order valence-corrected chi connectivity index (χ0v) is 19.3. The number of nitrogens with one attached hydrogen (secondary N) is 2. The van der Waals surface area contributed by atoms with E-state index in [1.54, 1.807) is 26.0 Å². The fourth-order valence-corrected chi connectivity index (χ4v) is 5.25. The molecule has 4 amide bonds. The number of halogens is 2. The number of hydrogen-bond acceptors (Lipinski definition) is 6. The molecule has 0 radical (unpaired) electrons. The highest BCUT2D eigenvalue weighted by atomic mass is 79.9. The smallest absolute Gasteiger partial charge is 0.358 e. The van der Waals surface area contributed by atoms with Crippen LogP contribution >= 0.6 is 31.9 Å². The zero-order valence-electron chi connectivity index (χ0n) is 16.1. The minimum Gasteiger partial charge on any atom is -0.463 e. The molecule has 30 heavy (non-hydrogen) atoms. The molecule has 12 heteroatoms. The van der Waals surface area contributed by atoms with Crippen molar-refractivity contribution in [3.05, 3.63) is 32.2 Å². The summed E-state index contributed by atoms with van der Waals surface area (Å²) in [5, 5.41) is 5.00. The molecule has 4 rings (SSSR count). The highest BCUT2D eigenvalue weighted by molar-refractivity contribution is 9.11. The molecule has 0 saturated carbocycles. The first-order valence-corrected chi connectivity index (χ1v) is 10.8. The average molecular weight is 546 g/mol. The van der Waals surface area contributed by atoms with E-state index in [1.807, 2.05) is 0 Å². The Morgan fingerprint density at radius 2 is 1.37 bits per heavy atom. The van der Waals surface area contributed by atoms with Gasteiger partial charge < -0.3 is 20.1 Å². The summed E-state index contributed by atoms with van der Waals surface area (Å²) in [7, 11) is 0. The molecular formula is C18H18Br2N4O6. The van der Waals surface area contributed by atoms with Crippen LogP contribution in [0.2, 0.25) is 0 Å². The van der Waals surface area contributed by atoms with Gasteiger partial charge in [0.2, 0.25) is 0 Å². The summed E-state index contributed by atoms with van der Waals surface area (Å²) < 4.78 is 11.9. The molecule has 0 aliphatic carbocycles. The molecule has 0 aromatic heterocycles. The SMILES string of the molecule is CCOC(=O)C12NC(=O)N3Cc4c(Br)ccc(Br)c4CN(C(=O)N1)C32C(=O)OCC. The molecular weight excluding hydrogens is 528 g/mol. The molecule has 3 aliphatic heterocycles. The number of esters is 2. The van der Waals surface area contributed by atoms with Crippen molar-refractivity contribution in [2.75, 3.05) is 13.2 Å². The number of rotatable bonds is 4. The van der Waals surface area contributed by atoms with Gasteiger partial charge in [-0.1, -0.05) is 31.9 Å². The van der Waals surface area contributed by atoms with Crippen LogP contribution in [0.5, 0.6) is 0 Å². The lowest BCUT2D eigenvalue weighted by Crippen LogP contribution is -2.74. The van der Waals surface area contributed by atoms with Crippen molar-refractivity contribution in [2.45, 2.75) is 38.3 Å². The summed E-state index contributed by atoms with van der Waals surface area (Å²) in [5.41, 5.74) is -2.85. The van der Waals surface area contributed by atoms with Gasteiger partial charge in [-0.3, -0.25) is 9.80 Å². The number of carbonyl (C=O) groups is 4. The van der Waals surface area contributed by atoms with Gasteiger partial charge in [0.15, 0.2) is 0 Å². The van der Waals surface area contributed by atoms with Gasteiger partial charge in [-0.05, 0) is 37.1 Å². The molecule has 2 saturated heterocycles. The molecule has 1 aromatic carbocycles. The van der Waals surface area contributed by atoms with Crippen molar-refractivity contribution < 1.29 is 28.7 Å². The number of ether oxygens (including phenoxy) is 2. The number of hydrogen-bond donors (Lipinski definition) is 2. The van der Waals surface area contributed by atoms with E-state index >= 15 is 0 Å². The zero-order chi connectivity index (χ0) is 21.8. The second-order valence-electron chi connectivity index (χ2n) is 6.88. The second-order valence-corrected chi connectivity index (χ2v) is 8.59. The monoisotopic (exact) mass is 544 g/mol. The van der Waals surface area contributed by atoms with E-state index in [0.29, 0.717) is 20.1 Å². The van der Waals surface area contributed by atoms with E-state index in [1.165, 1.54) is 0 Å². The quantitative estimate of drug-likeness (QED) is 0.557. The molecule has 1 aromatic rings. The highest BCUT2D eigenvalue weighted by Gasteiger charge is 2.82. The van der Waals surface area contributed by atoms with E-state index < -0.39 is 35.3 Å². The summed E-state index contributed by atoms with van der Waals surface area (Å²) in [6.07, 6.45) is 0. The van der Waals surface area contributed by atoms with E-state index in [9.17, 15) is 19.2 Å². The summed E-state index contributed by atoms with van der Waals surface area (Å²) in [6.45, 7) is 3.07. The third-order valence-electron chi connectivity index (χ3n) is 5.47. The molecule has 2 N–H and O–H groups in total. The Bertz CT molecular complexity index is 931. The van der Waals surface area contributed by atoms with Crippen LogP contribution in [0.1, 0.15) is 25.0 Å². The molecule has 3 heterocycles. The van der Waals surface area contributed by atoms with E-state index in [0.717, 1.165) is 9.80 Å². The van der Waals surface area contributed by atoms with Crippen molar-refractivity contribution in [2.24, 2.45) is 0 Å². The molecule has 0 atom stereocenters. The number of fused-ring (bicyclic) bond motifs is 1. The fourth-order valence-electron chi connectivity index (χ4n) is 4.26. The van der Waals surface area contributed by atoms with Gasteiger partial charge in [-0.2, -0.15) is 0 Å². The largest absolute Gasteiger partial charge is 0.463 e. The van der Waals surface area contributed by atoms with Crippen molar-refractivity contribution in [1.29, 1.82) is 0 Å². The van der Waals surface area contributed by atoms with Crippen LogP contribution < -0.4 is 10.6 Å². The van der Waals surface area contributed by atoms with Crippen LogP contribution in [-0.2, 0) is 32.2 Å². The standard InChI is InChI=1S/C18H18Br2N4O6/c1-3-29-13(25)17-18(14(26)30-4-2)23(15(27)21-17)7-9-10(8-24(18)16(28)22-17)12(20)6-5-11(9)19/h5-6H,3-4,7-8H2,1-2H3,(H,21,27)(H,22,28). The Kier molecular flexibility index (Phi) is 4.96. The van der Waals surface area contributed by atoms with Gasteiger partial charge in [0.05, 0.1) is 26.3 Å². The Labute approximate surface area is 188 Å². The lowest BCUT2D eigenvalue weighted by atomic mass is 9.93. The number of urea groups is 2. The molecule has 160 valence electrons. The normalized spacial score (nSPS) is 26.4. The first-order chi connectivity index (χ1) is 14.2. The van der Waals surface area contributed by atoms with Crippen molar-refractivity contribution in [3.8, 4) is 0 Å². The summed E-state index contributed by atoms with van der Waals surface area (Å²) in [6, 6.07) is 2.17. The van der Waals surface area contributed by atoms with Crippen LogP contribution in [0, 0.1) is 0 Å². The van der Waals surface area contributed by atoms with E-state index in [2.05, 4.69) is 42.5 Å². The lowest BCUT2D eigenvalue weighted by molar-refractivity contribution is -0.178. The Balaban J connectivity index is 2.01.